The van der Waals surface area contributed by atoms with Gasteiger partial charge in [0.05, 0.1) is 11.2 Å². The van der Waals surface area contributed by atoms with E-state index in [-0.39, 0.29) is 5.75 Å². The number of pyridine rings is 1. The first-order valence-corrected chi connectivity index (χ1v) is 7.48. The number of nitrogens with zero attached hydrogens (tertiary/aromatic N) is 2. The highest BCUT2D eigenvalue weighted by Crippen LogP contribution is 2.22. The van der Waals surface area contributed by atoms with Crippen molar-refractivity contribution in [1.82, 2.24) is 4.98 Å². The van der Waals surface area contributed by atoms with Crippen LogP contribution in [-0.2, 0) is 0 Å². The lowest BCUT2D eigenvalue weighted by Crippen LogP contribution is -1.97. The van der Waals surface area contributed by atoms with Gasteiger partial charge in [-0.15, -0.1) is 0 Å². The highest BCUT2D eigenvalue weighted by molar-refractivity contribution is 6.12. The lowest BCUT2D eigenvalue weighted by Gasteiger charge is -2.06. The molecule has 0 aliphatic carbocycles. The Kier molecular flexibility index (Phi) is 4.20. The third-order valence-electron chi connectivity index (χ3n) is 3.91. The molecule has 23 heavy (non-hydrogen) atoms. The van der Waals surface area contributed by atoms with E-state index in [0.717, 1.165) is 33.3 Å². The molecule has 0 aliphatic rings. The van der Waals surface area contributed by atoms with Crippen molar-refractivity contribution in [3.63, 3.8) is 0 Å². The van der Waals surface area contributed by atoms with Crippen LogP contribution in [0.25, 0.3) is 17.0 Å². The monoisotopic (exact) mass is 302 g/mol. The van der Waals surface area contributed by atoms with Crippen LogP contribution < -0.4 is 0 Å². The summed E-state index contributed by atoms with van der Waals surface area (Å²) < 4.78 is 0. The Labute approximate surface area is 135 Å². The smallest absolute Gasteiger partial charge is 0.124 e. The molecular formula is C20H18N2O. The summed E-state index contributed by atoms with van der Waals surface area (Å²) in [6.45, 7) is 2.07. The first kappa shape index (κ1) is 15.0. The Morgan fingerprint density at radius 3 is 2.70 bits per heavy atom. The number of phenols is 1. The zero-order chi connectivity index (χ0) is 16.2. The van der Waals surface area contributed by atoms with E-state index in [1.165, 1.54) is 0 Å². The molecule has 0 aliphatic heterocycles. The maximum Gasteiger partial charge on any atom is 0.124 e. The molecule has 3 rings (SSSR count). The second-order valence-electron chi connectivity index (χ2n) is 5.31. The molecule has 3 nitrogen and oxygen atoms in total. The van der Waals surface area contributed by atoms with Gasteiger partial charge in [-0.1, -0.05) is 36.4 Å². The van der Waals surface area contributed by atoms with Crippen LogP contribution >= 0.6 is 0 Å². The number of phenolic OH excluding ortho intramolecular Hbond substituents is 1. The molecule has 0 saturated carbocycles. The molecule has 0 spiro atoms. The third kappa shape index (κ3) is 2.99. The van der Waals surface area contributed by atoms with Gasteiger partial charge in [-0.3, -0.25) is 9.98 Å². The van der Waals surface area contributed by atoms with E-state index in [0.29, 0.717) is 0 Å². The molecule has 1 heterocycles. The normalized spacial score (nSPS) is 12.2. The Balaban J connectivity index is 1.99. The fourth-order valence-corrected chi connectivity index (χ4v) is 2.63. The number of allylic oxidation sites excluding steroid dienone is 1. The molecule has 0 unspecified atom stereocenters. The predicted molar refractivity (Wildman–Crippen MR) is 96.1 cm³/mol. The molecule has 3 aromatic rings. The summed E-state index contributed by atoms with van der Waals surface area (Å²) in [6.07, 6.45) is 5.74. The second kappa shape index (κ2) is 6.44. The number of aromatic nitrogens is 1. The second-order valence-corrected chi connectivity index (χ2v) is 5.31. The minimum absolute atomic E-state index is 0.231. The van der Waals surface area contributed by atoms with Crippen molar-refractivity contribution in [3.05, 3.63) is 77.5 Å². The predicted octanol–water partition coefficient (Wildman–Crippen LogP) is 4.38. The molecule has 0 bridgehead atoms. The maximum atomic E-state index is 9.98. The summed E-state index contributed by atoms with van der Waals surface area (Å²) in [4.78, 5) is 8.74. The molecule has 3 heteroatoms. The van der Waals surface area contributed by atoms with Gasteiger partial charge < -0.3 is 5.11 Å². The van der Waals surface area contributed by atoms with E-state index in [4.69, 9.17) is 0 Å². The summed E-state index contributed by atoms with van der Waals surface area (Å²) in [7, 11) is 1.72. The minimum Gasteiger partial charge on any atom is -0.507 e. The summed E-state index contributed by atoms with van der Waals surface area (Å²) >= 11 is 0. The number of aliphatic imine (C=N–C) groups is 1. The summed E-state index contributed by atoms with van der Waals surface area (Å²) in [5.74, 6) is 0.231. The van der Waals surface area contributed by atoms with Gasteiger partial charge >= 0.3 is 0 Å². The van der Waals surface area contributed by atoms with Crippen molar-refractivity contribution in [3.8, 4) is 5.75 Å². The molecule has 1 aromatic heterocycles. The number of aromatic hydroxyl groups is 1. The van der Waals surface area contributed by atoms with Gasteiger partial charge in [-0.05, 0) is 42.3 Å². The van der Waals surface area contributed by atoms with Gasteiger partial charge in [0.1, 0.15) is 5.75 Å². The number of para-hydroxylation sites is 1. The molecule has 0 amide bonds. The number of aryl methyl sites for hydroxylation is 1. The van der Waals surface area contributed by atoms with E-state index < -0.39 is 0 Å². The average Bonchev–Trinajstić information content (AvgIpc) is 2.59. The summed E-state index contributed by atoms with van der Waals surface area (Å²) in [5.41, 5.74) is 4.69. The van der Waals surface area contributed by atoms with E-state index >= 15 is 0 Å². The molecule has 114 valence electrons. The highest BCUT2D eigenvalue weighted by Gasteiger charge is 2.06. The molecule has 1 N–H and O–H groups in total. The Morgan fingerprint density at radius 1 is 1.09 bits per heavy atom. The van der Waals surface area contributed by atoms with Crippen molar-refractivity contribution in [2.45, 2.75) is 6.92 Å². The summed E-state index contributed by atoms with van der Waals surface area (Å²) in [5, 5.41) is 11.1. The van der Waals surface area contributed by atoms with Gasteiger partial charge in [-0.25, -0.2) is 0 Å². The number of rotatable bonds is 3. The van der Waals surface area contributed by atoms with E-state index in [1.807, 2.05) is 36.5 Å². The van der Waals surface area contributed by atoms with E-state index in [1.54, 1.807) is 19.2 Å². The molecule has 0 atom stereocenters. The van der Waals surface area contributed by atoms with Gasteiger partial charge in [0, 0.05) is 24.2 Å². The third-order valence-corrected chi connectivity index (χ3v) is 3.91. The number of hydrogen-bond donors (Lipinski definition) is 1. The zero-order valence-corrected chi connectivity index (χ0v) is 13.2. The first-order valence-electron chi connectivity index (χ1n) is 7.48. The average molecular weight is 302 g/mol. The van der Waals surface area contributed by atoms with Crippen molar-refractivity contribution in [2.24, 2.45) is 4.99 Å². The maximum absolute atomic E-state index is 9.98. The van der Waals surface area contributed by atoms with Crippen LogP contribution in [-0.4, -0.2) is 22.8 Å². The van der Waals surface area contributed by atoms with Crippen LogP contribution in [0.15, 0.2) is 65.8 Å². The summed E-state index contributed by atoms with van der Waals surface area (Å²) in [6, 6.07) is 15.4. The highest BCUT2D eigenvalue weighted by atomic mass is 16.3. The SMILES string of the molecule is C/N=C(/C=C\c1ccc2cccnc2c1C)c1ccccc1O. The van der Waals surface area contributed by atoms with Crippen molar-refractivity contribution in [1.29, 1.82) is 0 Å². The van der Waals surface area contributed by atoms with Gasteiger partial charge in [-0.2, -0.15) is 0 Å². The molecule has 0 saturated heterocycles. The fourth-order valence-electron chi connectivity index (χ4n) is 2.63. The van der Waals surface area contributed by atoms with Crippen LogP contribution in [0.5, 0.6) is 5.75 Å². The van der Waals surface area contributed by atoms with Crippen molar-refractivity contribution < 1.29 is 5.11 Å². The Bertz CT molecular complexity index is 910. The fraction of sp³-hybridized carbons (Fsp3) is 0.100. The Morgan fingerprint density at radius 2 is 1.91 bits per heavy atom. The lowest BCUT2D eigenvalue weighted by molar-refractivity contribution is 0.474. The van der Waals surface area contributed by atoms with Crippen LogP contribution in [0.4, 0.5) is 0 Å². The van der Waals surface area contributed by atoms with E-state index in [9.17, 15) is 5.11 Å². The topological polar surface area (TPSA) is 45.5 Å². The van der Waals surface area contributed by atoms with Crippen LogP contribution in [0.1, 0.15) is 16.7 Å². The van der Waals surface area contributed by atoms with Crippen molar-refractivity contribution in [2.75, 3.05) is 7.05 Å². The largest absolute Gasteiger partial charge is 0.507 e. The van der Waals surface area contributed by atoms with Gasteiger partial charge in [0.25, 0.3) is 0 Å². The number of fused-ring (bicyclic) bond motifs is 1. The number of hydrogen-bond acceptors (Lipinski definition) is 3. The van der Waals surface area contributed by atoms with Crippen LogP contribution in [0.2, 0.25) is 0 Å². The standard InChI is InChI=1S/C20H18N2O/c1-14-15(9-10-16-6-5-13-22-20(14)16)11-12-18(21-2)17-7-3-4-8-19(17)23/h3-13,23H,1-2H3/b12-11-,21-18-. The molecule has 2 aromatic carbocycles. The number of benzene rings is 2. The van der Waals surface area contributed by atoms with Gasteiger partial charge in [0.15, 0.2) is 0 Å². The van der Waals surface area contributed by atoms with E-state index in [2.05, 4.69) is 35.1 Å². The van der Waals surface area contributed by atoms with Crippen LogP contribution in [0, 0.1) is 6.92 Å². The molecular weight excluding hydrogens is 284 g/mol. The lowest BCUT2D eigenvalue weighted by atomic mass is 10.0. The minimum atomic E-state index is 0.231. The quantitative estimate of drug-likeness (QED) is 0.730. The first-order chi connectivity index (χ1) is 11.2. The van der Waals surface area contributed by atoms with Crippen LogP contribution in [0.3, 0.4) is 0 Å². The van der Waals surface area contributed by atoms with Gasteiger partial charge in [0.2, 0.25) is 0 Å². The zero-order valence-electron chi connectivity index (χ0n) is 13.2. The molecule has 0 radical (unpaired) electrons. The van der Waals surface area contributed by atoms with Crippen molar-refractivity contribution >= 4 is 22.7 Å². The molecule has 0 fully saturated rings. The Hall–Kier alpha value is -2.94.